The zero-order valence-corrected chi connectivity index (χ0v) is 15.0. The first kappa shape index (κ1) is 16.0. The normalized spacial score (nSPS) is 18.1. The monoisotopic (exact) mass is 356 g/mol. The summed E-state index contributed by atoms with van der Waals surface area (Å²) in [5.74, 6) is 0. The Morgan fingerprint density at radius 3 is 3.07 bits per heavy atom. The first-order valence-electron chi connectivity index (χ1n) is 9.32. The van der Waals surface area contributed by atoms with Crippen LogP contribution in [0.1, 0.15) is 30.0 Å². The highest BCUT2D eigenvalue weighted by Gasteiger charge is 2.24. The summed E-state index contributed by atoms with van der Waals surface area (Å²) in [5.41, 5.74) is 4.88. The Bertz CT molecular complexity index is 1150. The lowest BCUT2D eigenvalue weighted by molar-refractivity contribution is 0.172. The Morgan fingerprint density at radius 1 is 1.22 bits per heavy atom. The van der Waals surface area contributed by atoms with Crippen LogP contribution in [0.3, 0.4) is 0 Å². The molecule has 6 nitrogen and oxygen atoms in total. The number of fused-ring (bicyclic) bond motifs is 3. The van der Waals surface area contributed by atoms with E-state index < -0.39 is 0 Å². The molecule has 3 aromatic heterocycles. The van der Waals surface area contributed by atoms with Crippen molar-refractivity contribution in [1.29, 1.82) is 5.26 Å². The van der Waals surface area contributed by atoms with Crippen LogP contribution >= 0.6 is 0 Å². The Kier molecular flexibility index (Phi) is 3.88. The average Bonchev–Trinajstić information content (AvgIpc) is 3.35. The van der Waals surface area contributed by atoms with Crippen molar-refractivity contribution in [3.8, 4) is 6.07 Å². The molecule has 1 saturated heterocycles. The van der Waals surface area contributed by atoms with Crippen LogP contribution in [-0.4, -0.2) is 37.5 Å². The number of nitrogens with zero attached hydrogens (tertiary/aromatic N) is 5. The average molecular weight is 356 g/mol. The van der Waals surface area contributed by atoms with E-state index in [4.69, 9.17) is 0 Å². The summed E-state index contributed by atoms with van der Waals surface area (Å²) in [5, 5.41) is 10.5. The summed E-state index contributed by atoms with van der Waals surface area (Å²) in [7, 11) is 0. The van der Waals surface area contributed by atoms with Crippen molar-refractivity contribution in [1.82, 2.24) is 24.4 Å². The minimum absolute atomic E-state index is 0.374. The van der Waals surface area contributed by atoms with Gasteiger partial charge in [0.2, 0.25) is 0 Å². The summed E-state index contributed by atoms with van der Waals surface area (Å²) in [4.78, 5) is 14.7. The Labute approximate surface area is 157 Å². The van der Waals surface area contributed by atoms with E-state index >= 15 is 0 Å². The second kappa shape index (κ2) is 6.53. The SMILES string of the molecule is N#Cc1ccccc1CN1CCCC(n2cnc3cnc4[nH]ccc4c32)C1. The molecule has 0 bridgehead atoms. The Balaban J connectivity index is 1.46. The Hall–Kier alpha value is -3.17. The molecular formula is C21H20N6. The lowest BCUT2D eigenvalue weighted by atomic mass is 10.0. The first-order chi connectivity index (χ1) is 13.3. The second-order valence-corrected chi connectivity index (χ2v) is 7.18. The third kappa shape index (κ3) is 2.77. The van der Waals surface area contributed by atoms with Crippen LogP contribution in [0, 0.1) is 11.3 Å². The summed E-state index contributed by atoms with van der Waals surface area (Å²) in [6.07, 6.45) is 8.00. The molecule has 0 spiro atoms. The van der Waals surface area contributed by atoms with E-state index in [-0.39, 0.29) is 0 Å². The third-order valence-electron chi connectivity index (χ3n) is 5.52. The van der Waals surface area contributed by atoms with Crippen molar-refractivity contribution in [2.45, 2.75) is 25.4 Å². The highest BCUT2D eigenvalue weighted by atomic mass is 15.2. The lowest BCUT2D eigenvalue weighted by Crippen LogP contribution is -2.36. The van der Waals surface area contributed by atoms with Gasteiger partial charge < -0.3 is 9.55 Å². The minimum atomic E-state index is 0.374. The van der Waals surface area contributed by atoms with Crippen molar-refractivity contribution in [2.24, 2.45) is 0 Å². The molecule has 1 atom stereocenters. The van der Waals surface area contributed by atoms with Crippen LogP contribution in [0.2, 0.25) is 0 Å². The molecule has 1 N–H and O–H groups in total. The quantitative estimate of drug-likeness (QED) is 0.608. The maximum absolute atomic E-state index is 9.36. The molecule has 6 heteroatoms. The Morgan fingerprint density at radius 2 is 2.15 bits per heavy atom. The van der Waals surface area contributed by atoms with Crippen LogP contribution in [-0.2, 0) is 6.54 Å². The van der Waals surface area contributed by atoms with Crippen molar-refractivity contribution in [2.75, 3.05) is 13.1 Å². The number of likely N-dealkylation sites (tertiary alicyclic amines) is 1. The molecule has 0 amide bonds. The van der Waals surface area contributed by atoms with E-state index in [9.17, 15) is 5.26 Å². The van der Waals surface area contributed by atoms with Gasteiger partial charge in [0, 0.05) is 30.7 Å². The zero-order valence-electron chi connectivity index (χ0n) is 15.0. The van der Waals surface area contributed by atoms with Crippen molar-refractivity contribution >= 4 is 22.1 Å². The highest BCUT2D eigenvalue weighted by Crippen LogP contribution is 2.30. The van der Waals surface area contributed by atoms with Gasteiger partial charge in [-0.2, -0.15) is 5.26 Å². The molecule has 1 aliphatic heterocycles. The molecule has 0 aliphatic carbocycles. The zero-order chi connectivity index (χ0) is 18.2. The van der Waals surface area contributed by atoms with Gasteiger partial charge in [-0.15, -0.1) is 0 Å². The molecule has 1 aromatic carbocycles. The van der Waals surface area contributed by atoms with Crippen LogP contribution in [0.15, 0.2) is 49.1 Å². The fourth-order valence-electron chi connectivity index (χ4n) is 4.22. The van der Waals surface area contributed by atoms with E-state index in [0.29, 0.717) is 6.04 Å². The van der Waals surface area contributed by atoms with Crippen molar-refractivity contribution in [3.05, 3.63) is 60.2 Å². The van der Waals surface area contributed by atoms with Gasteiger partial charge in [-0.1, -0.05) is 18.2 Å². The topological polar surface area (TPSA) is 73.5 Å². The lowest BCUT2D eigenvalue weighted by Gasteiger charge is -2.34. The van der Waals surface area contributed by atoms with Crippen LogP contribution < -0.4 is 0 Å². The van der Waals surface area contributed by atoms with Crippen molar-refractivity contribution in [3.63, 3.8) is 0 Å². The number of hydrogen-bond acceptors (Lipinski definition) is 4. The molecule has 1 unspecified atom stereocenters. The first-order valence-corrected chi connectivity index (χ1v) is 9.32. The van der Waals surface area contributed by atoms with Crippen LogP contribution in [0.25, 0.3) is 22.1 Å². The molecular weight excluding hydrogens is 336 g/mol. The molecule has 1 aliphatic rings. The van der Waals surface area contributed by atoms with Crippen LogP contribution in [0.4, 0.5) is 0 Å². The predicted octanol–water partition coefficient (Wildman–Crippen LogP) is 3.62. The number of aromatic amines is 1. The van der Waals surface area contributed by atoms with E-state index in [0.717, 1.165) is 65.7 Å². The fourth-order valence-corrected chi connectivity index (χ4v) is 4.22. The highest BCUT2D eigenvalue weighted by molar-refractivity contribution is 6.00. The van der Waals surface area contributed by atoms with Gasteiger partial charge in [-0.25, -0.2) is 9.97 Å². The van der Waals surface area contributed by atoms with Gasteiger partial charge >= 0.3 is 0 Å². The number of nitriles is 1. The van der Waals surface area contributed by atoms with Gasteiger partial charge in [-0.3, -0.25) is 4.90 Å². The van der Waals surface area contributed by atoms with Gasteiger partial charge in [0.05, 0.1) is 29.7 Å². The smallest absolute Gasteiger partial charge is 0.139 e. The number of nitrogens with one attached hydrogen (secondary N) is 1. The summed E-state index contributed by atoms with van der Waals surface area (Å²) in [6.45, 7) is 2.83. The summed E-state index contributed by atoms with van der Waals surface area (Å²) in [6, 6.07) is 12.7. The van der Waals surface area contributed by atoms with E-state index in [1.807, 2.05) is 36.9 Å². The minimum Gasteiger partial charge on any atom is -0.346 e. The number of H-pyrrole nitrogens is 1. The molecule has 4 aromatic rings. The third-order valence-corrected chi connectivity index (χ3v) is 5.52. The van der Waals surface area contributed by atoms with Gasteiger partial charge in [0.1, 0.15) is 11.2 Å². The molecule has 27 heavy (non-hydrogen) atoms. The number of pyridine rings is 1. The number of aromatic nitrogens is 4. The van der Waals surface area contributed by atoms with Gasteiger partial charge in [-0.05, 0) is 37.1 Å². The second-order valence-electron chi connectivity index (χ2n) is 7.18. The number of imidazole rings is 1. The largest absolute Gasteiger partial charge is 0.346 e. The van der Waals surface area contributed by atoms with Crippen molar-refractivity contribution < 1.29 is 0 Å². The molecule has 0 radical (unpaired) electrons. The number of hydrogen-bond donors (Lipinski definition) is 1. The predicted molar refractivity (Wildman–Crippen MR) is 104 cm³/mol. The molecule has 5 rings (SSSR count). The number of piperidine rings is 1. The van der Waals surface area contributed by atoms with Gasteiger partial charge in [0.25, 0.3) is 0 Å². The molecule has 0 saturated carbocycles. The number of benzene rings is 1. The summed E-state index contributed by atoms with van der Waals surface area (Å²) < 4.78 is 2.32. The van der Waals surface area contributed by atoms with E-state index in [1.54, 1.807) is 0 Å². The fraction of sp³-hybridized carbons (Fsp3) is 0.286. The maximum atomic E-state index is 9.36. The van der Waals surface area contributed by atoms with Gasteiger partial charge in [0.15, 0.2) is 0 Å². The van der Waals surface area contributed by atoms with Crippen LogP contribution in [0.5, 0.6) is 0 Å². The molecule has 1 fully saturated rings. The van der Waals surface area contributed by atoms with E-state index in [1.165, 1.54) is 0 Å². The molecule has 4 heterocycles. The number of rotatable bonds is 3. The standard InChI is InChI=1S/C21H20N6/c22-10-15-4-1-2-5-16(15)12-26-9-3-6-17(13-26)27-14-25-19-11-24-21-18(20(19)27)7-8-23-21/h1-2,4-5,7-8,11,14,17H,3,6,9,12-13H2,(H,23,24). The maximum Gasteiger partial charge on any atom is 0.139 e. The molecule has 134 valence electrons. The summed E-state index contributed by atoms with van der Waals surface area (Å²) >= 11 is 0. The van der Waals surface area contributed by atoms with E-state index in [2.05, 4.69) is 42.6 Å².